The zero-order chi connectivity index (χ0) is 27.1. The maximum Gasteiger partial charge on any atom is 0.310 e. The molecule has 1 aromatic carbocycles. The Morgan fingerprint density at radius 3 is 2.67 bits per heavy atom. The van der Waals surface area contributed by atoms with Gasteiger partial charge in [-0.3, -0.25) is 9.36 Å². The van der Waals surface area contributed by atoms with Gasteiger partial charge in [-0.2, -0.15) is 5.26 Å². The molecule has 5 aromatic rings. The third-order valence-electron chi connectivity index (χ3n) is 6.98. The summed E-state index contributed by atoms with van der Waals surface area (Å²) in [5.74, 6) is 0.504. The fraction of sp³-hybridized carbons (Fsp3) is 0.214. The van der Waals surface area contributed by atoms with Crippen LogP contribution in [0.1, 0.15) is 30.1 Å². The second-order valence-electron chi connectivity index (χ2n) is 9.45. The summed E-state index contributed by atoms with van der Waals surface area (Å²) >= 11 is 0. The van der Waals surface area contributed by atoms with E-state index in [9.17, 15) is 10.1 Å². The highest BCUT2D eigenvalue weighted by Gasteiger charge is 2.36. The van der Waals surface area contributed by atoms with E-state index in [1.165, 1.54) is 24.9 Å². The summed E-state index contributed by atoms with van der Waals surface area (Å²) in [6.45, 7) is 4.85. The first kappa shape index (κ1) is 24.2. The Hall–Kier alpha value is -5.11. The van der Waals surface area contributed by atoms with Crippen molar-refractivity contribution in [3.8, 4) is 23.0 Å². The van der Waals surface area contributed by atoms with E-state index in [0.717, 1.165) is 0 Å². The van der Waals surface area contributed by atoms with Crippen molar-refractivity contribution in [1.29, 1.82) is 5.26 Å². The highest BCUT2D eigenvalue weighted by molar-refractivity contribution is 6.02. The summed E-state index contributed by atoms with van der Waals surface area (Å²) in [5, 5.41) is 10.1. The number of carbonyl (C=O) groups excluding carboxylic acids is 1. The topological polar surface area (TPSA) is 117 Å². The number of nitriles is 1. The normalized spacial score (nSPS) is 17.4. The van der Waals surface area contributed by atoms with Gasteiger partial charge in [-0.1, -0.05) is 18.2 Å². The summed E-state index contributed by atoms with van der Waals surface area (Å²) < 4.78 is 22.1. The van der Waals surface area contributed by atoms with E-state index < -0.39 is 0 Å². The molecule has 1 aliphatic heterocycles. The molecule has 1 aliphatic rings. The molecule has 4 aromatic heterocycles. The first-order valence-corrected chi connectivity index (χ1v) is 12.4. The lowest BCUT2D eigenvalue weighted by molar-refractivity contribution is 0.0603. The first-order chi connectivity index (χ1) is 19.0. The molecule has 0 aliphatic carbocycles. The SMILES string of the molecule is C[C@@H]1CN(c2ncnc3c2c(-c2ccccc2F)cn3-c2cc(C#N)ccn2)[C@@H](C)CN1C(=O)c1ncco1. The fourth-order valence-electron chi connectivity index (χ4n) is 5.10. The van der Waals surface area contributed by atoms with Crippen LogP contribution in [-0.2, 0) is 0 Å². The smallest absolute Gasteiger partial charge is 0.310 e. The van der Waals surface area contributed by atoms with E-state index in [4.69, 9.17) is 4.42 Å². The van der Waals surface area contributed by atoms with Crippen molar-refractivity contribution in [2.45, 2.75) is 25.9 Å². The van der Waals surface area contributed by atoms with Gasteiger partial charge in [-0.15, -0.1) is 0 Å². The van der Waals surface area contributed by atoms with Crippen molar-refractivity contribution < 1.29 is 13.6 Å². The molecule has 1 fully saturated rings. The van der Waals surface area contributed by atoms with E-state index in [-0.39, 0.29) is 29.7 Å². The lowest BCUT2D eigenvalue weighted by atomic mass is 10.0. The number of pyridine rings is 1. The maximum absolute atomic E-state index is 15.1. The molecule has 0 saturated carbocycles. The van der Waals surface area contributed by atoms with Crippen molar-refractivity contribution >= 4 is 22.8 Å². The van der Waals surface area contributed by atoms with Gasteiger partial charge >= 0.3 is 5.91 Å². The molecule has 6 rings (SSSR count). The number of amides is 1. The van der Waals surface area contributed by atoms with Crippen LogP contribution in [0.3, 0.4) is 0 Å². The molecule has 0 spiro atoms. The van der Waals surface area contributed by atoms with Crippen LogP contribution >= 0.6 is 0 Å². The molecular weight excluding hydrogens is 499 g/mol. The number of hydrogen-bond acceptors (Lipinski definition) is 8. The predicted octanol–water partition coefficient (Wildman–Crippen LogP) is 4.22. The zero-order valence-corrected chi connectivity index (χ0v) is 21.2. The fourth-order valence-corrected chi connectivity index (χ4v) is 5.10. The third-order valence-corrected chi connectivity index (χ3v) is 6.98. The molecule has 10 nitrogen and oxygen atoms in total. The van der Waals surface area contributed by atoms with Gasteiger partial charge in [0.25, 0.3) is 5.89 Å². The Balaban J connectivity index is 1.49. The number of oxazole rings is 1. The first-order valence-electron chi connectivity index (χ1n) is 12.4. The minimum atomic E-state index is -0.382. The molecule has 0 radical (unpaired) electrons. The number of benzene rings is 1. The Bertz CT molecular complexity index is 1730. The monoisotopic (exact) mass is 522 g/mol. The van der Waals surface area contributed by atoms with Crippen molar-refractivity contribution in [1.82, 2.24) is 29.4 Å². The molecule has 0 unspecified atom stereocenters. The summed E-state index contributed by atoms with van der Waals surface area (Å²) in [6.07, 6.45) is 7.63. The van der Waals surface area contributed by atoms with Crippen LogP contribution in [-0.4, -0.2) is 60.5 Å². The summed E-state index contributed by atoms with van der Waals surface area (Å²) in [7, 11) is 0. The van der Waals surface area contributed by atoms with Crippen LogP contribution in [0, 0.1) is 17.1 Å². The lowest BCUT2D eigenvalue weighted by Crippen LogP contribution is -2.58. The van der Waals surface area contributed by atoms with Gasteiger partial charge in [-0.25, -0.2) is 24.3 Å². The molecule has 0 bridgehead atoms. The summed E-state index contributed by atoms with van der Waals surface area (Å²) in [5.41, 5.74) is 1.96. The second kappa shape index (κ2) is 9.64. The Morgan fingerprint density at radius 1 is 1.05 bits per heavy atom. The van der Waals surface area contributed by atoms with Crippen LogP contribution < -0.4 is 4.90 Å². The van der Waals surface area contributed by atoms with E-state index in [0.29, 0.717) is 52.4 Å². The Labute approximate surface area is 223 Å². The number of halogens is 1. The highest BCUT2D eigenvalue weighted by atomic mass is 19.1. The van der Waals surface area contributed by atoms with Gasteiger partial charge < -0.3 is 14.2 Å². The Morgan fingerprint density at radius 2 is 1.90 bits per heavy atom. The van der Waals surface area contributed by atoms with E-state index >= 15 is 4.39 Å². The van der Waals surface area contributed by atoms with Crippen LogP contribution in [0.5, 0.6) is 0 Å². The Kier molecular flexibility index (Phi) is 5.99. The highest BCUT2D eigenvalue weighted by Crippen LogP contribution is 2.39. The van der Waals surface area contributed by atoms with Crippen LogP contribution in [0.25, 0.3) is 28.0 Å². The number of nitrogens with zero attached hydrogens (tertiary/aromatic N) is 8. The zero-order valence-electron chi connectivity index (χ0n) is 21.2. The van der Waals surface area contributed by atoms with Crippen molar-refractivity contribution in [2.75, 3.05) is 18.0 Å². The van der Waals surface area contributed by atoms with Gasteiger partial charge in [0, 0.05) is 48.7 Å². The molecule has 1 amide bonds. The van der Waals surface area contributed by atoms with Crippen LogP contribution in [0.15, 0.2) is 72.0 Å². The average molecular weight is 523 g/mol. The largest absolute Gasteiger partial charge is 0.441 e. The van der Waals surface area contributed by atoms with Gasteiger partial charge in [0.2, 0.25) is 0 Å². The van der Waals surface area contributed by atoms with E-state index in [1.807, 2.05) is 13.8 Å². The van der Waals surface area contributed by atoms with Gasteiger partial charge in [0.15, 0.2) is 5.65 Å². The number of anilines is 1. The van der Waals surface area contributed by atoms with Gasteiger partial charge in [-0.05, 0) is 32.0 Å². The van der Waals surface area contributed by atoms with E-state index in [1.54, 1.807) is 52.2 Å². The van der Waals surface area contributed by atoms with Gasteiger partial charge in [0.05, 0.1) is 23.2 Å². The number of fused-ring (bicyclic) bond motifs is 1. The minimum absolute atomic E-state index is 0.0536. The maximum atomic E-state index is 15.1. The van der Waals surface area contributed by atoms with Crippen molar-refractivity contribution in [3.05, 3.63) is 84.9 Å². The molecule has 2 atom stereocenters. The van der Waals surface area contributed by atoms with Crippen molar-refractivity contribution in [2.24, 2.45) is 0 Å². The number of hydrogen-bond donors (Lipinski definition) is 0. The molecular formula is C28H23FN8O2. The lowest BCUT2D eigenvalue weighted by Gasteiger charge is -2.44. The predicted molar refractivity (Wildman–Crippen MR) is 141 cm³/mol. The second-order valence-corrected chi connectivity index (χ2v) is 9.45. The van der Waals surface area contributed by atoms with Crippen LogP contribution in [0.2, 0.25) is 0 Å². The molecule has 39 heavy (non-hydrogen) atoms. The summed E-state index contributed by atoms with van der Waals surface area (Å²) in [6, 6.07) is 11.6. The summed E-state index contributed by atoms with van der Waals surface area (Å²) in [4.78, 5) is 34.5. The van der Waals surface area contributed by atoms with Gasteiger partial charge in [0.1, 0.15) is 30.0 Å². The number of aromatic nitrogens is 5. The molecule has 0 N–H and O–H groups in total. The quantitative estimate of drug-likeness (QED) is 0.344. The average Bonchev–Trinajstić information content (AvgIpc) is 3.63. The van der Waals surface area contributed by atoms with Crippen LogP contribution in [0.4, 0.5) is 10.2 Å². The molecule has 5 heterocycles. The van der Waals surface area contributed by atoms with E-state index in [2.05, 4.69) is 30.9 Å². The third kappa shape index (κ3) is 4.16. The number of piperazine rings is 1. The number of carbonyl (C=O) groups is 1. The molecule has 194 valence electrons. The number of rotatable bonds is 4. The standard InChI is InChI=1S/C28H23FN8O2/c1-17-14-36(28(38)27-32-9-10-39-27)18(2)13-35(17)25-24-21(20-5-3-4-6-22(20)29)15-37(26(24)34-16-33-25)23-11-19(12-30)7-8-31-23/h3-11,15-18H,13-14H2,1-2H3/t17-,18+/m0/s1. The van der Waals surface area contributed by atoms with Crippen molar-refractivity contribution in [3.63, 3.8) is 0 Å². The molecule has 1 saturated heterocycles. The minimum Gasteiger partial charge on any atom is -0.441 e. The molecule has 11 heteroatoms.